The molecule has 0 aromatic carbocycles. The van der Waals surface area contributed by atoms with Crippen molar-refractivity contribution in [2.75, 3.05) is 0 Å². The van der Waals surface area contributed by atoms with Gasteiger partial charge in [-0.25, -0.2) is 0 Å². The normalized spacial score (nSPS) is 21.5. The second-order valence-corrected chi connectivity index (χ2v) is 2.26. The fourth-order valence-electron chi connectivity index (χ4n) is 0.952. The van der Waals surface area contributed by atoms with Gasteiger partial charge < -0.3 is 11.5 Å². The van der Waals surface area contributed by atoms with Crippen molar-refractivity contribution in [2.45, 2.75) is 25.7 Å². The predicted octanol–water partition coefficient (Wildman–Crippen LogP) is 0.689. The Morgan fingerprint density at radius 2 is 1.25 bits per heavy atom. The molecule has 0 amide bonds. The molecule has 8 heavy (non-hydrogen) atoms. The van der Waals surface area contributed by atoms with E-state index in [9.17, 15) is 0 Å². The number of hydrogen-bond acceptors (Lipinski definition) is 2. The van der Waals surface area contributed by atoms with Crippen LogP contribution in [-0.2, 0) is 0 Å². The molecule has 0 saturated heterocycles. The first-order valence-electron chi connectivity index (χ1n) is 3.03. The van der Waals surface area contributed by atoms with E-state index in [1.807, 2.05) is 0 Å². The maximum Gasteiger partial charge on any atom is 0.0271 e. The van der Waals surface area contributed by atoms with E-state index in [0.717, 1.165) is 24.2 Å². The van der Waals surface area contributed by atoms with Crippen LogP contribution < -0.4 is 11.5 Å². The number of hydrogen-bond donors (Lipinski definition) is 2. The van der Waals surface area contributed by atoms with Crippen molar-refractivity contribution in [3.05, 3.63) is 11.4 Å². The molecule has 0 unspecified atom stereocenters. The monoisotopic (exact) mass is 112 g/mol. The fourth-order valence-corrected chi connectivity index (χ4v) is 0.952. The summed E-state index contributed by atoms with van der Waals surface area (Å²) in [7, 11) is 0. The van der Waals surface area contributed by atoms with Gasteiger partial charge >= 0.3 is 0 Å². The summed E-state index contributed by atoms with van der Waals surface area (Å²) < 4.78 is 0. The molecule has 46 valence electrons. The lowest BCUT2D eigenvalue weighted by molar-refractivity contribution is 0.661. The van der Waals surface area contributed by atoms with Gasteiger partial charge in [-0.2, -0.15) is 0 Å². The van der Waals surface area contributed by atoms with Gasteiger partial charge in [0.25, 0.3) is 0 Å². The summed E-state index contributed by atoms with van der Waals surface area (Å²) in [4.78, 5) is 0. The highest BCUT2D eigenvalue weighted by molar-refractivity contribution is 5.09. The summed E-state index contributed by atoms with van der Waals surface area (Å²) in [5.74, 6) is 0. The minimum Gasteiger partial charge on any atom is -0.401 e. The largest absolute Gasteiger partial charge is 0.401 e. The summed E-state index contributed by atoms with van der Waals surface area (Å²) in [5, 5.41) is 0. The highest BCUT2D eigenvalue weighted by atomic mass is 14.7. The minimum atomic E-state index is 0.913. The molecule has 0 aliphatic heterocycles. The highest BCUT2D eigenvalue weighted by Crippen LogP contribution is 2.16. The fraction of sp³-hybridized carbons (Fsp3) is 0.667. The molecule has 0 radical (unpaired) electrons. The SMILES string of the molecule is NC1=C(N)CCCC1. The van der Waals surface area contributed by atoms with Crippen molar-refractivity contribution >= 4 is 0 Å². The zero-order chi connectivity index (χ0) is 5.98. The van der Waals surface area contributed by atoms with Gasteiger partial charge in [-0.1, -0.05) is 0 Å². The van der Waals surface area contributed by atoms with Crippen LogP contribution in [0.2, 0.25) is 0 Å². The van der Waals surface area contributed by atoms with Gasteiger partial charge in [-0.3, -0.25) is 0 Å². The van der Waals surface area contributed by atoms with E-state index in [4.69, 9.17) is 11.5 Å². The lowest BCUT2D eigenvalue weighted by Gasteiger charge is -2.12. The molecule has 0 aromatic rings. The first-order chi connectivity index (χ1) is 3.80. The van der Waals surface area contributed by atoms with E-state index >= 15 is 0 Å². The predicted molar refractivity (Wildman–Crippen MR) is 33.9 cm³/mol. The van der Waals surface area contributed by atoms with E-state index in [-0.39, 0.29) is 0 Å². The Morgan fingerprint density at radius 1 is 0.875 bits per heavy atom. The maximum absolute atomic E-state index is 5.53. The molecule has 0 saturated carbocycles. The van der Waals surface area contributed by atoms with Gasteiger partial charge in [-0.15, -0.1) is 0 Å². The van der Waals surface area contributed by atoms with Crippen molar-refractivity contribution < 1.29 is 0 Å². The number of allylic oxidation sites excluding steroid dienone is 2. The molecule has 1 aliphatic rings. The van der Waals surface area contributed by atoms with E-state index in [1.165, 1.54) is 12.8 Å². The van der Waals surface area contributed by atoms with Gasteiger partial charge in [0.1, 0.15) is 0 Å². The van der Waals surface area contributed by atoms with Gasteiger partial charge in [0, 0.05) is 11.4 Å². The summed E-state index contributed by atoms with van der Waals surface area (Å²) in [6.45, 7) is 0. The van der Waals surface area contributed by atoms with Crippen molar-refractivity contribution in [3.8, 4) is 0 Å². The van der Waals surface area contributed by atoms with Crippen LogP contribution in [0.4, 0.5) is 0 Å². The molecule has 1 rings (SSSR count). The van der Waals surface area contributed by atoms with E-state index in [0.29, 0.717) is 0 Å². The van der Waals surface area contributed by atoms with Crippen LogP contribution in [-0.4, -0.2) is 0 Å². The summed E-state index contributed by atoms with van der Waals surface area (Å²) >= 11 is 0. The standard InChI is InChI=1S/C6H12N2/c7-5-3-1-2-4-6(5)8/h1-4,7-8H2. The second-order valence-electron chi connectivity index (χ2n) is 2.26. The lowest BCUT2D eigenvalue weighted by atomic mass is 10.0. The third kappa shape index (κ3) is 0.941. The van der Waals surface area contributed by atoms with E-state index < -0.39 is 0 Å². The van der Waals surface area contributed by atoms with E-state index in [2.05, 4.69) is 0 Å². The van der Waals surface area contributed by atoms with Gasteiger partial charge in [0.15, 0.2) is 0 Å². The summed E-state index contributed by atoms with van der Waals surface area (Å²) in [6.07, 6.45) is 4.44. The second kappa shape index (κ2) is 2.07. The zero-order valence-corrected chi connectivity index (χ0v) is 4.98. The molecule has 0 atom stereocenters. The van der Waals surface area contributed by atoms with Crippen molar-refractivity contribution in [3.63, 3.8) is 0 Å². The maximum atomic E-state index is 5.53. The Morgan fingerprint density at radius 3 is 1.50 bits per heavy atom. The molecule has 4 N–H and O–H groups in total. The smallest absolute Gasteiger partial charge is 0.0271 e. The third-order valence-corrected chi connectivity index (χ3v) is 1.55. The number of rotatable bonds is 0. The average molecular weight is 112 g/mol. The Labute approximate surface area is 49.5 Å². The van der Waals surface area contributed by atoms with Crippen LogP contribution in [0.3, 0.4) is 0 Å². The van der Waals surface area contributed by atoms with Crippen LogP contribution in [0, 0.1) is 0 Å². The van der Waals surface area contributed by atoms with Crippen LogP contribution in [0.25, 0.3) is 0 Å². The van der Waals surface area contributed by atoms with Gasteiger partial charge in [-0.05, 0) is 25.7 Å². The van der Waals surface area contributed by atoms with E-state index in [1.54, 1.807) is 0 Å². The first-order valence-corrected chi connectivity index (χ1v) is 3.03. The molecule has 2 nitrogen and oxygen atoms in total. The van der Waals surface area contributed by atoms with Crippen LogP contribution >= 0.6 is 0 Å². The average Bonchev–Trinajstić information content (AvgIpc) is 1.77. The Balaban J connectivity index is 2.60. The van der Waals surface area contributed by atoms with Gasteiger partial charge in [0.2, 0.25) is 0 Å². The molecule has 2 heteroatoms. The van der Waals surface area contributed by atoms with Gasteiger partial charge in [0.05, 0.1) is 0 Å². The summed E-state index contributed by atoms with van der Waals surface area (Å²) in [6, 6.07) is 0. The highest BCUT2D eigenvalue weighted by Gasteiger charge is 2.04. The van der Waals surface area contributed by atoms with Crippen molar-refractivity contribution in [1.82, 2.24) is 0 Å². The molecule has 1 aliphatic carbocycles. The van der Waals surface area contributed by atoms with Crippen molar-refractivity contribution in [2.24, 2.45) is 11.5 Å². The van der Waals surface area contributed by atoms with Crippen LogP contribution in [0.1, 0.15) is 25.7 Å². The molecular formula is C6H12N2. The topological polar surface area (TPSA) is 52.0 Å². The number of nitrogens with two attached hydrogens (primary N) is 2. The first kappa shape index (κ1) is 5.48. The van der Waals surface area contributed by atoms with Crippen LogP contribution in [0.15, 0.2) is 11.4 Å². The molecule has 0 aromatic heterocycles. The molecule has 0 fully saturated rings. The Bertz CT molecular complexity index is 102. The van der Waals surface area contributed by atoms with Crippen molar-refractivity contribution in [1.29, 1.82) is 0 Å². The molecular weight excluding hydrogens is 100 g/mol. The Hall–Kier alpha value is -0.660. The third-order valence-electron chi connectivity index (χ3n) is 1.55. The molecule has 0 spiro atoms. The molecule has 0 bridgehead atoms. The zero-order valence-electron chi connectivity index (χ0n) is 4.98. The quantitative estimate of drug-likeness (QED) is 0.484. The summed E-state index contributed by atoms with van der Waals surface area (Å²) in [5.41, 5.74) is 12.9. The minimum absolute atomic E-state index is 0.913. The molecule has 0 heterocycles. The Kier molecular flexibility index (Phi) is 1.42. The van der Waals surface area contributed by atoms with Crippen LogP contribution in [0.5, 0.6) is 0 Å². The lowest BCUT2D eigenvalue weighted by Crippen LogP contribution is -2.13.